The van der Waals surface area contributed by atoms with Gasteiger partial charge in [0.1, 0.15) is 5.75 Å². The van der Waals surface area contributed by atoms with E-state index in [1.165, 1.54) is 0 Å². The van der Waals surface area contributed by atoms with Crippen LogP contribution in [0, 0.1) is 0 Å². The maximum absolute atomic E-state index is 5.59. The van der Waals surface area contributed by atoms with E-state index >= 15 is 0 Å². The molecule has 0 N–H and O–H groups in total. The number of hydrogen-bond acceptors (Lipinski definition) is 4. The van der Waals surface area contributed by atoms with E-state index in [0.717, 1.165) is 20.3 Å². The zero-order valence-electron chi connectivity index (χ0n) is 10.8. The Hall–Kier alpha value is -1.66. The van der Waals surface area contributed by atoms with Gasteiger partial charge in [-0.1, -0.05) is 49.1 Å². The van der Waals surface area contributed by atoms with Crippen LogP contribution >= 0.6 is 31.9 Å². The molecule has 0 atom stereocenters. The van der Waals surface area contributed by atoms with Gasteiger partial charge in [0.05, 0.1) is 0 Å². The lowest BCUT2D eigenvalue weighted by Crippen LogP contribution is -1.95. The second kappa shape index (κ2) is 6.41. The van der Waals surface area contributed by atoms with Crippen LogP contribution in [0.5, 0.6) is 5.75 Å². The molecule has 0 fully saturated rings. The lowest BCUT2D eigenvalue weighted by atomic mass is 10.2. The maximum atomic E-state index is 5.59. The first-order chi connectivity index (χ1) is 10.2. The van der Waals surface area contributed by atoms with E-state index < -0.39 is 0 Å². The van der Waals surface area contributed by atoms with Gasteiger partial charge in [-0.05, 0) is 36.4 Å². The number of rotatable bonds is 4. The lowest BCUT2D eigenvalue weighted by Gasteiger charge is -2.02. The number of halogens is 2. The molecule has 0 radical (unpaired) electrons. The van der Waals surface area contributed by atoms with Crippen molar-refractivity contribution in [1.82, 2.24) is 10.1 Å². The Balaban J connectivity index is 1.69. The predicted molar refractivity (Wildman–Crippen MR) is 85.9 cm³/mol. The van der Waals surface area contributed by atoms with Crippen LogP contribution in [0.15, 0.2) is 62.0 Å². The molecule has 0 spiro atoms. The highest BCUT2D eigenvalue weighted by Crippen LogP contribution is 2.21. The summed E-state index contributed by atoms with van der Waals surface area (Å²) < 4.78 is 12.8. The van der Waals surface area contributed by atoms with Crippen LogP contribution in [0.1, 0.15) is 5.89 Å². The van der Waals surface area contributed by atoms with Gasteiger partial charge in [-0.15, -0.1) is 0 Å². The van der Waals surface area contributed by atoms with E-state index in [4.69, 9.17) is 9.26 Å². The summed E-state index contributed by atoms with van der Waals surface area (Å²) in [6.07, 6.45) is 0. The van der Waals surface area contributed by atoms with Gasteiger partial charge in [0.25, 0.3) is 5.89 Å². The summed E-state index contributed by atoms with van der Waals surface area (Å²) in [5.41, 5.74) is 0.892. The van der Waals surface area contributed by atoms with Crippen LogP contribution in [0.25, 0.3) is 11.4 Å². The quantitative estimate of drug-likeness (QED) is 0.618. The third-order valence-electron chi connectivity index (χ3n) is 2.73. The van der Waals surface area contributed by atoms with E-state index in [-0.39, 0.29) is 6.61 Å². The number of benzene rings is 2. The van der Waals surface area contributed by atoms with Crippen LogP contribution in [0.2, 0.25) is 0 Å². The lowest BCUT2D eigenvalue weighted by molar-refractivity contribution is 0.243. The topological polar surface area (TPSA) is 48.2 Å². The molecule has 0 aliphatic rings. The van der Waals surface area contributed by atoms with Crippen molar-refractivity contribution >= 4 is 31.9 Å². The summed E-state index contributed by atoms with van der Waals surface area (Å²) in [6, 6.07) is 15.3. The van der Waals surface area contributed by atoms with E-state index in [1.54, 1.807) is 0 Å². The van der Waals surface area contributed by atoms with Crippen LogP contribution in [-0.2, 0) is 6.61 Å². The summed E-state index contributed by atoms with van der Waals surface area (Å²) >= 11 is 6.79. The second-order valence-electron chi connectivity index (χ2n) is 4.26. The maximum Gasteiger partial charge on any atom is 0.264 e. The Kier molecular flexibility index (Phi) is 4.36. The fourth-order valence-electron chi connectivity index (χ4n) is 1.73. The van der Waals surface area contributed by atoms with Crippen LogP contribution in [0.4, 0.5) is 0 Å². The minimum atomic E-state index is 0.239. The molecule has 106 valence electrons. The smallest absolute Gasteiger partial charge is 0.264 e. The largest absolute Gasteiger partial charge is 0.484 e. The molecule has 2 aromatic carbocycles. The minimum absolute atomic E-state index is 0.239. The summed E-state index contributed by atoms with van der Waals surface area (Å²) in [5, 5.41) is 3.96. The van der Waals surface area contributed by atoms with Crippen molar-refractivity contribution in [2.45, 2.75) is 6.61 Å². The van der Waals surface area contributed by atoms with Gasteiger partial charge in [-0.2, -0.15) is 4.98 Å². The Labute approximate surface area is 138 Å². The summed E-state index contributed by atoms with van der Waals surface area (Å²) in [4.78, 5) is 4.32. The Morgan fingerprint density at radius 3 is 2.57 bits per heavy atom. The monoisotopic (exact) mass is 408 g/mol. The van der Waals surface area contributed by atoms with Gasteiger partial charge in [-0.25, -0.2) is 0 Å². The molecular weight excluding hydrogens is 400 g/mol. The highest BCUT2D eigenvalue weighted by atomic mass is 79.9. The first kappa shape index (κ1) is 14.3. The van der Waals surface area contributed by atoms with Crippen molar-refractivity contribution in [3.63, 3.8) is 0 Å². The fourth-order valence-corrected chi connectivity index (χ4v) is 2.40. The average molecular weight is 410 g/mol. The van der Waals surface area contributed by atoms with Gasteiger partial charge in [0, 0.05) is 14.5 Å². The van der Waals surface area contributed by atoms with Crippen LogP contribution in [-0.4, -0.2) is 10.1 Å². The third-order valence-corrected chi connectivity index (χ3v) is 3.75. The van der Waals surface area contributed by atoms with Crippen molar-refractivity contribution in [3.05, 3.63) is 63.4 Å². The molecule has 0 aliphatic carbocycles. The molecule has 0 bridgehead atoms. The molecule has 4 nitrogen and oxygen atoms in total. The normalized spacial score (nSPS) is 10.6. The molecule has 1 aromatic heterocycles. The molecule has 0 amide bonds. The highest BCUT2D eigenvalue weighted by Gasteiger charge is 2.09. The first-order valence-corrected chi connectivity index (χ1v) is 7.76. The predicted octanol–water partition coefficient (Wildman–Crippen LogP) is 4.84. The molecule has 21 heavy (non-hydrogen) atoms. The highest BCUT2D eigenvalue weighted by molar-refractivity contribution is 9.10. The Bertz CT molecular complexity index is 741. The molecule has 0 saturated heterocycles. The molecule has 0 saturated carbocycles. The zero-order valence-corrected chi connectivity index (χ0v) is 14.0. The number of ether oxygens (including phenoxy) is 1. The standard InChI is InChI=1S/C15H10Br2N2O2/c16-11-4-6-13(7-5-11)20-9-14-18-15(19-21-14)10-2-1-3-12(17)8-10/h1-8H,9H2. The second-order valence-corrected chi connectivity index (χ2v) is 6.10. The third kappa shape index (κ3) is 3.71. The van der Waals surface area contributed by atoms with Crippen LogP contribution < -0.4 is 4.74 Å². The number of hydrogen-bond donors (Lipinski definition) is 0. The summed E-state index contributed by atoms with van der Waals surface area (Å²) in [6.45, 7) is 0.239. The van der Waals surface area contributed by atoms with Crippen molar-refractivity contribution in [3.8, 4) is 17.1 Å². The number of nitrogens with zero attached hydrogens (tertiary/aromatic N) is 2. The molecular formula is C15H10Br2N2O2. The van der Waals surface area contributed by atoms with Crippen molar-refractivity contribution in [1.29, 1.82) is 0 Å². The molecule has 3 rings (SSSR count). The molecule has 3 aromatic rings. The van der Waals surface area contributed by atoms with E-state index in [1.807, 2.05) is 48.5 Å². The van der Waals surface area contributed by atoms with Gasteiger partial charge >= 0.3 is 0 Å². The number of aromatic nitrogens is 2. The van der Waals surface area contributed by atoms with Crippen LogP contribution in [0.3, 0.4) is 0 Å². The molecule has 1 heterocycles. The first-order valence-electron chi connectivity index (χ1n) is 6.17. The Morgan fingerprint density at radius 2 is 1.81 bits per heavy atom. The zero-order chi connectivity index (χ0) is 14.7. The SMILES string of the molecule is Brc1ccc(OCc2nc(-c3cccc(Br)c3)no2)cc1. The average Bonchev–Trinajstić information content (AvgIpc) is 2.96. The van der Waals surface area contributed by atoms with Gasteiger partial charge in [-0.3, -0.25) is 0 Å². The van der Waals surface area contributed by atoms with E-state index in [2.05, 4.69) is 42.0 Å². The van der Waals surface area contributed by atoms with E-state index in [9.17, 15) is 0 Å². The van der Waals surface area contributed by atoms with Crippen molar-refractivity contribution in [2.75, 3.05) is 0 Å². The van der Waals surface area contributed by atoms with Gasteiger partial charge in [0.2, 0.25) is 5.82 Å². The molecule has 0 aliphatic heterocycles. The summed E-state index contributed by atoms with van der Waals surface area (Å²) in [7, 11) is 0. The summed E-state index contributed by atoms with van der Waals surface area (Å²) in [5.74, 6) is 1.74. The molecule has 6 heteroatoms. The Morgan fingerprint density at radius 1 is 1.00 bits per heavy atom. The van der Waals surface area contributed by atoms with Crippen molar-refractivity contribution in [2.24, 2.45) is 0 Å². The van der Waals surface area contributed by atoms with Gasteiger partial charge in [0.15, 0.2) is 6.61 Å². The van der Waals surface area contributed by atoms with Gasteiger partial charge < -0.3 is 9.26 Å². The van der Waals surface area contributed by atoms with Crippen molar-refractivity contribution < 1.29 is 9.26 Å². The minimum Gasteiger partial charge on any atom is -0.484 e. The van der Waals surface area contributed by atoms with E-state index in [0.29, 0.717) is 11.7 Å². The molecule has 0 unspecified atom stereocenters. The fraction of sp³-hybridized carbons (Fsp3) is 0.0667.